The summed E-state index contributed by atoms with van der Waals surface area (Å²) in [6.07, 6.45) is -4.88. The van der Waals surface area contributed by atoms with Gasteiger partial charge in [-0.1, -0.05) is 18.2 Å². The molecule has 1 fully saturated rings. The second-order valence-electron chi connectivity index (χ2n) is 8.67. The fourth-order valence-corrected chi connectivity index (χ4v) is 4.29. The van der Waals surface area contributed by atoms with Crippen LogP contribution in [0.3, 0.4) is 0 Å². The number of nitrogens with one attached hydrogen (secondary N) is 1. The van der Waals surface area contributed by atoms with Gasteiger partial charge in [0.05, 0.1) is 6.33 Å². The van der Waals surface area contributed by atoms with Gasteiger partial charge in [0.15, 0.2) is 47.6 Å². The summed E-state index contributed by atoms with van der Waals surface area (Å²) in [5, 5.41) is 14.1. The molecule has 5 atom stereocenters. The first kappa shape index (κ1) is 28.0. The number of rotatable bonds is 8. The van der Waals surface area contributed by atoms with Gasteiger partial charge in [-0.3, -0.25) is 33.9 Å². The third-order valence-electron chi connectivity index (χ3n) is 5.75. The smallest absolute Gasteiger partial charge is 0.303 e. The van der Waals surface area contributed by atoms with Gasteiger partial charge in [0.2, 0.25) is 6.54 Å². The molecule has 1 aromatic carbocycles. The number of ether oxygens (including phenoxy) is 4. The normalized spacial score (nSPS) is 22.2. The molecule has 16 heteroatoms. The Balaban J connectivity index is 1.78. The van der Waals surface area contributed by atoms with E-state index in [-0.39, 0.29) is 17.0 Å². The van der Waals surface area contributed by atoms with Crippen LogP contribution in [0.2, 0.25) is 0 Å². The Morgan fingerprint density at radius 1 is 0.950 bits per heavy atom. The summed E-state index contributed by atoms with van der Waals surface area (Å²) < 4.78 is 23.3. The van der Waals surface area contributed by atoms with Crippen LogP contribution in [0.1, 0.15) is 37.4 Å². The highest BCUT2D eigenvalue weighted by Gasteiger charge is 2.54. The first-order valence-electron chi connectivity index (χ1n) is 11.9. The van der Waals surface area contributed by atoms with Crippen molar-refractivity contribution in [1.82, 2.24) is 19.5 Å². The Hall–Kier alpha value is -4.99. The molecule has 3 heterocycles. The maximum absolute atomic E-state index is 12.7. The molecule has 0 spiro atoms. The van der Waals surface area contributed by atoms with Gasteiger partial charge in [0.25, 0.3) is 5.91 Å². The van der Waals surface area contributed by atoms with Crippen LogP contribution in [0.4, 0.5) is 5.82 Å². The number of aromatic nitrogens is 4. The lowest BCUT2D eigenvalue weighted by Crippen LogP contribution is -2.60. The predicted molar refractivity (Wildman–Crippen MR) is 132 cm³/mol. The van der Waals surface area contributed by atoms with Gasteiger partial charge in [0.1, 0.15) is 6.33 Å². The van der Waals surface area contributed by atoms with E-state index in [1.807, 2.05) is 0 Å². The van der Waals surface area contributed by atoms with E-state index >= 15 is 0 Å². The quantitative estimate of drug-likeness (QED) is 0.178. The maximum Gasteiger partial charge on any atom is 0.303 e. The third kappa shape index (κ3) is 6.17. The van der Waals surface area contributed by atoms with Gasteiger partial charge < -0.3 is 24.3 Å². The predicted octanol–water partition coefficient (Wildman–Crippen LogP) is 1.05. The SMILES string of the molecule is CC(=O)OC1C(C[N+](=O)[O-])OC(n2cnc3c(NC(=O)c4ccccc4)ncnc32)C(OC(C)=O)C1OC(C)=O. The molecule has 0 saturated carbocycles. The van der Waals surface area contributed by atoms with E-state index in [1.165, 1.54) is 10.9 Å². The highest BCUT2D eigenvalue weighted by atomic mass is 16.7. The molecule has 0 bridgehead atoms. The maximum atomic E-state index is 12.7. The molecule has 0 aliphatic carbocycles. The van der Waals surface area contributed by atoms with Crippen LogP contribution in [0.25, 0.3) is 11.2 Å². The zero-order valence-electron chi connectivity index (χ0n) is 21.5. The lowest BCUT2D eigenvalue weighted by atomic mass is 9.96. The molecule has 0 radical (unpaired) electrons. The summed E-state index contributed by atoms with van der Waals surface area (Å²) in [7, 11) is 0. The van der Waals surface area contributed by atoms with Crippen LogP contribution < -0.4 is 5.32 Å². The molecule has 1 N–H and O–H groups in total. The fourth-order valence-electron chi connectivity index (χ4n) is 4.29. The van der Waals surface area contributed by atoms with Gasteiger partial charge in [-0.05, 0) is 12.1 Å². The molecule has 210 valence electrons. The van der Waals surface area contributed by atoms with Gasteiger partial charge in [-0.2, -0.15) is 0 Å². The topological polar surface area (TPSA) is 204 Å². The van der Waals surface area contributed by atoms with Gasteiger partial charge in [-0.25, -0.2) is 15.0 Å². The molecule has 16 nitrogen and oxygen atoms in total. The summed E-state index contributed by atoms with van der Waals surface area (Å²) in [6.45, 7) is 2.38. The average molecular weight is 556 g/mol. The number of anilines is 1. The van der Waals surface area contributed by atoms with Crippen molar-refractivity contribution in [3.05, 3.63) is 58.7 Å². The van der Waals surface area contributed by atoms with E-state index in [4.69, 9.17) is 18.9 Å². The molecule has 2 aromatic heterocycles. The summed E-state index contributed by atoms with van der Waals surface area (Å²) in [6, 6.07) is 8.36. The third-order valence-corrected chi connectivity index (χ3v) is 5.75. The minimum Gasteiger partial charge on any atom is -0.455 e. The Kier molecular flexibility index (Phi) is 8.28. The van der Waals surface area contributed by atoms with E-state index in [0.29, 0.717) is 5.56 Å². The second kappa shape index (κ2) is 11.8. The Labute approximate surface area is 225 Å². The fraction of sp³-hybridized carbons (Fsp3) is 0.375. The van der Waals surface area contributed by atoms with Crippen molar-refractivity contribution in [2.75, 3.05) is 11.9 Å². The monoisotopic (exact) mass is 556 g/mol. The number of carbonyl (C=O) groups excluding carboxylic acids is 4. The first-order valence-corrected chi connectivity index (χ1v) is 11.9. The molecular weight excluding hydrogens is 532 g/mol. The standard InChI is InChI=1S/C24H24N6O10/c1-12(31)37-18-16(9-30(35)36)40-24(20(39-14(3)33)19(18)38-13(2)32)29-11-27-17-21(25-10-26-22(17)29)28-23(34)15-7-5-4-6-8-15/h4-8,10-11,16,18-20,24H,9H2,1-3H3,(H,25,26,28,34). The summed E-state index contributed by atoms with van der Waals surface area (Å²) in [4.78, 5) is 72.0. The number of amides is 1. The summed E-state index contributed by atoms with van der Waals surface area (Å²) in [5.41, 5.74) is 0.574. The largest absolute Gasteiger partial charge is 0.455 e. The second-order valence-corrected chi connectivity index (χ2v) is 8.67. The van der Waals surface area contributed by atoms with E-state index in [0.717, 1.165) is 27.1 Å². The molecule has 1 aliphatic heterocycles. The number of nitro groups is 1. The number of imidazole rings is 1. The van der Waals surface area contributed by atoms with Crippen molar-refractivity contribution in [2.24, 2.45) is 0 Å². The number of fused-ring (bicyclic) bond motifs is 1. The molecule has 3 aromatic rings. The molecule has 1 amide bonds. The zero-order chi connectivity index (χ0) is 29.0. The van der Waals surface area contributed by atoms with Crippen molar-refractivity contribution in [3.63, 3.8) is 0 Å². The number of nitrogens with zero attached hydrogens (tertiary/aromatic N) is 5. The molecule has 1 aliphatic rings. The Bertz CT molecular complexity index is 1440. The van der Waals surface area contributed by atoms with Gasteiger partial charge in [0, 0.05) is 31.3 Å². The van der Waals surface area contributed by atoms with E-state index in [1.54, 1.807) is 30.3 Å². The Morgan fingerprint density at radius 2 is 1.57 bits per heavy atom. The number of benzene rings is 1. The van der Waals surface area contributed by atoms with Crippen molar-refractivity contribution < 1.29 is 43.0 Å². The van der Waals surface area contributed by atoms with Crippen molar-refractivity contribution in [3.8, 4) is 0 Å². The van der Waals surface area contributed by atoms with E-state index < -0.39 is 65.9 Å². The number of hydrogen-bond donors (Lipinski definition) is 1. The number of hydrogen-bond acceptors (Lipinski definition) is 13. The molecular formula is C24H24N6O10. The van der Waals surface area contributed by atoms with Crippen LogP contribution in [-0.4, -0.2) is 79.2 Å². The van der Waals surface area contributed by atoms with Crippen LogP contribution in [0, 0.1) is 10.1 Å². The molecule has 5 unspecified atom stereocenters. The van der Waals surface area contributed by atoms with Crippen molar-refractivity contribution in [1.29, 1.82) is 0 Å². The highest BCUT2D eigenvalue weighted by Crippen LogP contribution is 2.36. The minimum atomic E-state index is -1.49. The van der Waals surface area contributed by atoms with Crippen molar-refractivity contribution >= 4 is 40.8 Å². The highest BCUT2D eigenvalue weighted by molar-refractivity contribution is 6.06. The Morgan fingerprint density at radius 3 is 2.20 bits per heavy atom. The van der Waals surface area contributed by atoms with E-state index in [2.05, 4.69) is 20.3 Å². The van der Waals surface area contributed by atoms with Crippen LogP contribution in [-0.2, 0) is 33.3 Å². The first-order chi connectivity index (χ1) is 19.0. The molecule has 4 rings (SSSR count). The van der Waals surface area contributed by atoms with Crippen LogP contribution in [0.15, 0.2) is 43.0 Å². The van der Waals surface area contributed by atoms with Crippen LogP contribution >= 0.6 is 0 Å². The molecule has 1 saturated heterocycles. The lowest BCUT2D eigenvalue weighted by molar-refractivity contribution is -0.500. The van der Waals surface area contributed by atoms with Gasteiger partial charge in [-0.15, -0.1) is 0 Å². The number of esters is 3. The van der Waals surface area contributed by atoms with Gasteiger partial charge >= 0.3 is 17.9 Å². The average Bonchev–Trinajstić information content (AvgIpc) is 3.32. The summed E-state index contributed by atoms with van der Waals surface area (Å²) >= 11 is 0. The van der Waals surface area contributed by atoms with Crippen LogP contribution in [0.5, 0.6) is 0 Å². The minimum absolute atomic E-state index is 0.0496. The van der Waals surface area contributed by atoms with E-state index in [9.17, 15) is 29.3 Å². The molecule has 40 heavy (non-hydrogen) atoms. The number of carbonyl (C=O) groups is 4. The van der Waals surface area contributed by atoms with Crippen molar-refractivity contribution in [2.45, 2.75) is 51.4 Å². The zero-order valence-corrected chi connectivity index (χ0v) is 21.5. The lowest BCUT2D eigenvalue weighted by Gasteiger charge is -2.43. The summed E-state index contributed by atoms with van der Waals surface area (Å²) in [5.74, 6) is -2.89.